The number of hydrogen-bond donors (Lipinski definition) is 1. The predicted molar refractivity (Wildman–Crippen MR) is 79.0 cm³/mol. The highest BCUT2D eigenvalue weighted by molar-refractivity contribution is 5.80. The standard InChI is InChI=1S/C15H20FN3O2/c1-15(2)8-9(4-5-21-15)19-12-7-13(20-3)10(16)6-11(12)18-14(19)17/h6-7,9H,4-5,8H2,1-3H3,(H2,17,18). The summed E-state index contributed by atoms with van der Waals surface area (Å²) in [6.45, 7) is 4.80. The number of hydrogen-bond acceptors (Lipinski definition) is 4. The van der Waals surface area contributed by atoms with Gasteiger partial charge < -0.3 is 19.8 Å². The zero-order chi connectivity index (χ0) is 15.2. The molecule has 114 valence electrons. The van der Waals surface area contributed by atoms with Crippen LogP contribution in [0.4, 0.5) is 10.3 Å². The van der Waals surface area contributed by atoms with Gasteiger partial charge in [-0.1, -0.05) is 0 Å². The van der Waals surface area contributed by atoms with E-state index in [1.807, 2.05) is 4.57 Å². The van der Waals surface area contributed by atoms with Gasteiger partial charge in [-0.05, 0) is 26.7 Å². The summed E-state index contributed by atoms with van der Waals surface area (Å²) in [5.74, 6) is 0.178. The van der Waals surface area contributed by atoms with Crippen LogP contribution in [-0.2, 0) is 4.74 Å². The summed E-state index contributed by atoms with van der Waals surface area (Å²) in [4.78, 5) is 4.28. The highest BCUT2D eigenvalue weighted by Gasteiger charge is 2.31. The zero-order valence-corrected chi connectivity index (χ0v) is 12.5. The monoisotopic (exact) mass is 293 g/mol. The summed E-state index contributed by atoms with van der Waals surface area (Å²) in [5.41, 5.74) is 7.21. The van der Waals surface area contributed by atoms with E-state index in [-0.39, 0.29) is 17.4 Å². The van der Waals surface area contributed by atoms with Crippen LogP contribution in [0.25, 0.3) is 11.0 Å². The first-order valence-corrected chi connectivity index (χ1v) is 7.06. The van der Waals surface area contributed by atoms with Crippen molar-refractivity contribution in [1.82, 2.24) is 9.55 Å². The minimum atomic E-state index is -0.429. The van der Waals surface area contributed by atoms with E-state index < -0.39 is 5.82 Å². The summed E-state index contributed by atoms with van der Waals surface area (Å²) in [6, 6.07) is 3.22. The van der Waals surface area contributed by atoms with Crippen LogP contribution in [0.5, 0.6) is 5.75 Å². The molecule has 1 aliphatic rings. The Bertz CT molecular complexity index is 681. The van der Waals surface area contributed by atoms with Crippen molar-refractivity contribution in [2.75, 3.05) is 19.5 Å². The molecule has 0 aliphatic carbocycles. The number of nitrogen functional groups attached to an aromatic ring is 1. The predicted octanol–water partition coefficient (Wildman–Crippen LogP) is 2.90. The van der Waals surface area contributed by atoms with Crippen LogP contribution in [-0.4, -0.2) is 28.9 Å². The molecule has 3 rings (SSSR count). The number of anilines is 1. The second kappa shape index (κ2) is 4.87. The minimum Gasteiger partial charge on any atom is -0.494 e. The molecule has 21 heavy (non-hydrogen) atoms. The summed E-state index contributed by atoms with van der Waals surface area (Å²) in [5, 5.41) is 0. The zero-order valence-electron chi connectivity index (χ0n) is 12.5. The van der Waals surface area contributed by atoms with E-state index >= 15 is 0 Å². The van der Waals surface area contributed by atoms with Crippen LogP contribution in [0.1, 0.15) is 32.7 Å². The molecule has 0 spiro atoms. The molecule has 0 radical (unpaired) electrons. The summed E-state index contributed by atoms with van der Waals surface area (Å²) < 4.78 is 26.6. The smallest absolute Gasteiger partial charge is 0.201 e. The van der Waals surface area contributed by atoms with Crippen molar-refractivity contribution in [2.24, 2.45) is 0 Å². The third-order valence-electron chi connectivity index (χ3n) is 4.03. The fourth-order valence-electron chi connectivity index (χ4n) is 3.08. The first-order valence-electron chi connectivity index (χ1n) is 7.06. The van der Waals surface area contributed by atoms with E-state index in [4.69, 9.17) is 15.2 Å². The lowest BCUT2D eigenvalue weighted by atomic mass is 9.93. The van der Waals surface area contributed by atoms with Gasteiger partial charge in [0.05, 0.1) is 23.7 Å². The molecule has 2 aromatic rings. The van der Waals surface area contributed by atoms with Gasteiger partial charge in [-0.2, -0.15) is 0 Å². The lowest BCUT2D eigenvalue weighted by Gasteiger charge is -2.36. The molecule has 0 saturated carbocycles. The van der Waals surface area contributed by atoms with Gasteiger partial charge in [0.15, 0.2) is 11.6 Å². The summed E-state index contributed by atoms with van der Waals surface area (Å²) in [6.07, 6.45) is 1.70. The quantitative estimate of drug-likeness (QED) is 0.924. The van der Waals surface area contributed by atoms with Gasteiger partial charge in [0.1, 0.15) is 0 Å². The number of nitrogens with two attached hydrogens (primary N) is 1. The van der Waals surface area contributed by atoms with Crippen LogP contribution in [0.2, 0.25) is 0 Å². The van der Waals surface area contributed by atoms with Gasteiger partial charge in [0.25, 0.3) is 0 Å². The van der Waals surface area contributed by atoms with E-state index in [0.717, 1.165) is 18.4 Å². The van der Waals surface area contributed by atoms with Crippen molar-refractivity contribution in [2.45, 2.75) is 38.3 Å². The molecule has 1 unspecified atom stereocenters. The third kappa shape index (κ3) is 2.44. The molecule has 1 saturated heterocycles. The molecule has 5 nitrogen and oxygen atoms in total. The SMILES string of the molecule is COc1cc2c(cc1F)nc(N)n2C1CCOC(C)(C)C1. The second-order valence-corrected chi connectivity index (χ2v) is 6.07. The summed E-state index contributed by atoms with van der Waals surface area (Å²) in [7, 11) is 1.45. The highest BCUT2D eigenvalue weighted by Crippen LogP contribution is 2.37. The Morgan fingerprint density at radius 1 is 1.48 bits per heavy atom. The largest absolute Gasteiger partial charge is 0.494 e. The molecule has 2 N–H and O–H groups in total. The average molecular weight is 293 g/mol. The van der Waals surface area contributed by atoms with Crippen molar-refractivity contribution in [3.8, 4) is 5.75 Å². The molecule has 2 heterocycles. The highest BCUT2D eigenvalue weighted by atomic mass is 19.1. The number of methoxy groups -OCH3 is 1. The Labute approximate surface area is 122 Å². The Balaban J connectivity index is 2.11. The van der Waals surface area contributed by atoms with E-state index in [0.29, 0.717) is 18.1 Å². The number of nitrogens with zero attached hydrogens (tertiary/aromatic N) is 2. The van der Waals surface area contributed by atoms with Crippen LogP contribution in [0.15, 0.2) is 12.1 Å². The second-order valence-electron chi connectivity index (χ2n) is 6.07. The van der Waals surface area contributed by atoms with Gasteiger partial charge in [-0.3, -0.25) is 0 Å². The van der Waals surface area contributed by atoms with Gasteiger partial charge in [-0.15, -0.1) is 0 Å². The third-order valence-corrected chi connectivity index (χ3v) is 4.03. The molecular weight excluding hydrogens is 273 g/mol. The molecule has 0 amide bonds. The van der Waals surface area contributed by atoms with Gasteiger partial charge >= 0.3 is 0 Å². The van der Waals surface area contributed by atoms with E-state index in [2.05, 4.69) is 18.8 Å². The maximum atomic E-state index is 13.8. The number of benzene rings is 1. The average Bonchev–Trinajstić information content (AvgIpc) is 2.71. The van der Waals surface area contributed by atoms with Crippen molar-refractivity contribution >= 4 is 17.0 Å². The normalized spacial score (nSPS) is 21.6. The summed E-state index contributed by atoms with van der Waals surface area (Å²) >= 11 is 0. The molecule has 1 aromatic carbocycles. The fourth-order valence-corrected chi connectivity index (χ4v) is 3.08. The molecular formula is C15H20FN3O2. The first-order chi connectivity index (χ1) is 9.91. The lowest BCUT2D eigenvalue weighted by Crippen LogP contribution is -2.35. The maximum Gasteiger partial charge on any atom is 0.201 e. The lowest BCUT2D eigenvalue weighted by molar-refractivity contribution is -0.0682. The van der Waals surface area contributed by atoms with E-state index in [9.17, 15) is 4.39 Å². The van der Waals surface area contributed by atoms with Crippen molar-refractivity contribution in [1.29, 1.82) is 0 Å². The van der Waals surface area contributed by atoms with Gasteiger partial charge in [0.2, 0.25) is 5.95 Å². The number of fused-ring (bicyclic) bond motifs is 1. The van der Waals surface area contributed by atoms with Crippen molar-refractivity contribution in [3.63, 3.8) is 0 Å². The molecule has 1 aromatic heterocycles. The van der Waals surface area contributed by atoms with E-state index in [1.54, 1.807) is 6.07 Å². The molecule has 1 atom stereocenters. The first kappa shape index (κ1) is 14.1. The molecule has 1 fully saturated rings. The van der Waals surface area contributed by atoms with Crippen molar-refractivity contribution in [3.05, 3.63) is 17.9 Å². The number of imidazole rings is 1. The Hall–Kier alpha value is -1.82. The van der Waals surface area contributed by atoms with Gasteiger partial charge in [0, 0.05) is 24.8 Å². The molecule has 0 bridgehead atoms. The van der Waals surface area contributed by atoms with Gasteiger partial charge in [-0.25, -0.2) is 9.37 Å². The maximum absolute atomic E-state index is 13.8. The van der Waals surface area contributed by atoms with Crippen molar-refractivity contribution < 1.29 is 13.9 Å². The molecule has 1 aliphatic heterocycles. The Morgan fingerprint density at radius 2 is 2.24 bits per heavy atom. The van der Waals surface area contributed by atoms with E-state index in [1.165, 1.54) is 13.2 Å². The van der Waals surface area contributed by atoms with Crippen LogP contribution in [0, 0.1) is 5.82 Å². The molecule has 6 heteroatoms. The van der Waals surface area contributed by atoms with Crippen LogP contribution in [0.3, 0.4) is 0 Å². The number of aromatic nitrogens is 2. The fraction of sp³-hybridized carbons (Fsp3) is 0.533. The number of rotatable bonds is 2. The number of halogens is 1. The Kier molecular flexibility index (Phi) is 3.28. The Morgan fingerprint density at radius 3 is 2.90 bits per heavy atom. The van der Waals surface area contributed by atoms with Crippen LogP contribution < -0.4 is 10.5 Å². The topological polar surface area (TPSA) is 62.3 Å². The number of ether oxygens (including phenoxy) is 2. The minimum absolute atomic E-state index is 0.189. The van der Waals surface area contributed by atoms with Crippen LogP contribution >= 0.6 is 0 Å².